The molecule has 4 rings (SSSR count). The first kappa shape index (κ1) is 17.8. The Morgan fingerprint density at radius 1 is 0.615 bits per heavy atom. The molecule has 26 heavy (non-hydrogen) atoms. The van der Waals surface area contributed by atoms with Crippen molar-refractivity contribution < 1.29 is 14.4 Å². The average Bonchev–Trinajstić information content (AvgIpc) is 2.72. The lowest BCUT2D eigenvalue weighted by Crippen LogP contribution is -2.20. The van der Waals surface area contributed by atoms with Gasteiger partial charge in [0.1, 0.15) is 0 Å². The van der Waals surface area contributed by atoms with Crippen molar-refractivity contribution in [3.05, 3.63) is 107 Å². The van der Waals surface area contributed by atoms with Crippen molar-refractivity contribution in [3.8, 4) is 0 Å². The molecule has 0 aromatic heterocycles. The molecule has 3 aromatic carbocycles. The monoisotopic (exact) mass is 362 g/mol. The first-order valence-corrected chi connectivity index (χ1v) is 8.58. The van der Waals surface area contributed by atoms with Crippen LogP contribution in [0.25, 0.3) is 0 Å². The van der Waals surface area contributed by atoms with Crippen LogP contribution in [0.1, 0.15) is 42.2 Å². The lowest BCUT2D eigenvalue weighted by Gasteiger charge is -2.16. The van der Waals surface area contributed by atoms with Gasteiger partial charge < -0.3 is 0 Å². The quantitative estimate of drug-likeness (QED) is 0.387. The molecule has 0 radical (unpaired) electrons. The van der Waals surface area contributed by atoms with Gasteiger partial charge in [0.15, 0.2) is 17.3 Å². The van der Waals surface area contributed by atoms with Gasteiger partial charge in [-0.05, 0) is 0 Å². The van der Waals surface area contributed by atoms with E-state index in [1.165, 1.54) is 0 Å². The molecular formula is C22H15ClO3. The van der Waals surface area contributed by atoms with Crippen molar-refractivity contribution in [1.82, 2.24) is 0 Å². The topological polar surface area (TPSA) is 51.2 Å². The van der Waals surface area contributed by atoms with Gasteiger partial charge in [-0.1, -0.05) is 78.9 Å². The van der Waals surface area contributed by atoms with E-state index in [1.54, 1.807) is 60.7 Å². The highest BCUT2D eigenvalue weighted by molar-refractivity contribution is 6.30. The number of rotatable bonds is 2. The molecule has 1 aliphatic rings. The number of hydrogen-bond donors (Lipinski definition) is 0. The van der Waals surface area contributed by atoms with Crippen LogP contribution >= 0.6 is 11.6 Å². The van der Waals surface area contributed by atoms with Gasteiger partial charge in [0, 0.05) is 27.8 Å². The van der Waals surface area contributed by atoms with E-state index in [9.17, 15) is 14.4 Å². The Kier molecular flexibility index (Phi) is 5.40. The van der Waals surface area contributed by atoms with Crippen molar-refractivity contribution in [3.63, 3.8) is 0 Å². The van der Waals surface area contributed by atoms with E-state index in [0.29, 0.717) is 27.8 Å². The van der Waals surface area contributed by atoms with Crippen LogP contribution in [0.3, 0.4) is 0 Å². The number of ketones is 3. The molecule has 4 heteroatoms. The third kappa shape index (κ3) is 3.48. The summed E-state index contributed by atoms with van der Waals surface area (Å²) in [6.07, 6.45) is 0. The van der Waals surface area contributed by atoms with Crippen LogP contribution in [0.15, 0.2) is 78.9 Å². The van der Waals surface area contributed by atoms with Crippen molar-refractivity contribution in [2.75, 3.05) is 5.88 Å². The summed E-state index contributed by atoms with van der Waals surface area (Å²) >= 11 is 5.34. The molecule has 0 spiro atoms. The molecule has 0 amide bonds. The molecule has 0 saturated carbocycles. The normalized spacial score (nSPS) is 11.7. The molecule has 3 aromatic rings. The van der Waals surface area contributed by atoms with Crippen LogP contribution in [0, 0.1) is 0 Å². The van der Waals surface area contributed by atoms with Gasteiger partial charge in [-0.3, -0.25) is 14.4 Å². The average molecular weight is 363 g/mol. The van der Waals surface area contributed by atoms with Crippen molar-refractivity contribution in [2.45, 2.75) is 0 Å². The van der Waals surface area contributed by atoms with E-state index in [-0.39, 0.29) is 23.2 Å². The zero-order valence-electron chi connectivity index (χ0n) is 13.8. The van der Waals surface area contributed by atoms with Crippen LogP contribution in [0.2, 0.25) is 0 Å². The summed E-state index contributed by atoms with van der Waals surface area (Å²) in [4.78, 5) is 35.1. The van der Waals surface area contributed by atoms with Crippen molar-refractivity contribution in [2.24, 2.45) is 0 Å². The summed E-state index contributed by atoms with van der Waals surface area (Å²) in [6.45, 7) is 0. The van der Waals surface area contributed by atoms with Crippen molar-refractivity contribution >= 4 is 29.0 Å². The van der Waals surface area contributed by atoms with Gasteiger partial charge in [-0.25, -0.2) is 0 Å². The highest BCUT2D eigenvalue weighted by Crippen LogP contribution is 2.26. The van der Waals surface area contributed by atoms with Crippen LogP contribution in [-0.2, 0) is 0 Å². The number of Topliss-reactive ketones (excluding diaryl/α,β-unsaturated/α-hetero) is 1. The van der Waals surface area contributed by atoms with Crippen LogP contribution in [0.4, 0.5) is 0 Å². The Bertz CT molecular complexity index is 872. The van der Waals surface area contributed by atoms with Gasteiger partial charge in [-0.2, -0.15) is 0 Å². The molecule has 0 N–H and O–H groups in total. The minimum atomic E-state index is -0.0641. The molecule has 0 atom stereocenters. The summed E-state index contributed by atoms with van der Waals surface area (Å²) in [5.41, 5.74) is 2.70. The Labute approximate surface area is 156 Å². The number of hydrogen-bond acceptors (Lipinski definition) is 3. The van der Waals surface area contributed by atoms with E-state index < -0.39 is 0 Å². The third-order valence-electron chi connectivity index (χ3n) is 4.05. The molecule has 0 bridgehead atoms. The summed E-state index contributed by atoms with van der Waals surface area (Å²) in [7, 11) is 0. The van der Waals surface area contributed by atoms with E-state index >= 15 is 0 Å². The second-order valence-corrected chi connectivity index (χ2v) is 5.94. The number of alkyl halides is 1. The van der Waals surface area contributed by atoms with Gasteiger partial charge in [0.25, 0.3) is 0 Å². The predicted octanol–water partition coefficient (Wildman–Crippen LogP) is 4.57. The van der Waals surface area contributed by atoms with Gasteiger partial charge in [0.2, 0.25) is 0 Å². The zero-order chi connectivity index (χ0) is 18.5. The molecule has 3 nitrogen and oxygen atoms in total. The van der Waals surface area contributed by atoms with E-state index in [4.69, 9.17) is 11.6 Å². The fourth-order valence-electron chi connectivity index (χ4n) is 2.75. The van der Waals surface area contributed by atoms with Gasteiger partial charge >= 0.3 is 0 Å². The molecule has 0 unspecified atom stereocenters. The highest BCUT2D eigenvalue weighted by Gasteiger charge is 2.28. The summed E-state index contributed by atoms with van der Waals surface area (Å²) in [5, 5.41) is 0. The first-order valence-electron chi connectivity index (χ1n) is 8.05. The van der Waals surface area contributed by atoms with E-state index in [0.717, 1.165) is 0 Å². The maximum absolute atomic E-state index is 12.1. The van der Waals surface area contributed by atoms with E-state index in [1.807, 2.05) is 18.2 Å². The van der Waals surface area contributed by atoms with Crippen LogP contribution in [-0.4, -0.2) is 23.2 Å². The molecule has 0 saturated heterocycles. The smallest absolute Gasteiger partial charge is 0.194 e. The van der Waals surface area contributed by atoms with Gasteiger partial charge in [-0.15, -0.1) is 11.6 Å². The Hall–Kier alpha value is -3.04. The second-order valence-electron chi connectivity index (χ2n) is 5.67. The largest absolute Gasteiger partial charge is 0.293 e. The number of fused-ring (bicyclic) bond motifs is 2. The molecular weight excluding hydrogens is 348 g/mol. The summed E-state index contributed by atoms with van der Waals surface area (Å²) in [6, 6.07) is 22.9. The van der Waals surface area contributed by atoms with Crippen LogP contribution in [0.5, 0.6) is 0 Å². The summed E-state index contributed by atoms with van der Waals surface area (Å²) in [5.74, 6) is -0.0943. The third-order valence-corrected chi connectivity index (χ3v) is 4.29. The maximum atomic E-state index is 12.1. The maximum Gasteiger partial charge on any atom is 0.194 e. The Morgan fingerprint density at radius 3 is 1.31 bits per heavy atom. The minimum Gasteiger partial charge on any atom is -0.293 e. The zero-order valence-corrected chi connectivity index (χ0v) is 14.6. The number of carbonyl (C=O) groups excluding carboxylic acids is 3. The predicted molar refractivity (Wildman–Crippen MR) is 101 cm³/mol. The lowest BCUT2D eigenvalue weighted by atomic mass is 9.84. The Balaban J connectivity index is 0.000000170. The SMILES string of the molecule is O=C(CCl)c1ccccc1.O=C1c2ccccc2C(=O)c2ccccc21. The van der Waals surface area contributed by atoms with Gasteiger partial charge in [0.05, 0.1) is 5.88 Å². The lowest BCUT2D eigenvalue weighted by molar-refractivity contribution is 0.0979. The minimum absolute atomic E-state index is 0.0257. The first-order chi connectivity index (χ1) is 12.6. The number of carbonyl (C=O) groups is 3. The van der Waals surface area contributed by atoms with E-state index in [2.05, 4.69) is 0 Å². The molecule has 0 fully saturated rings. The second kappa shape index (κ2) is 7.89. The molecule has 128 valence electrons. The van der Waals surface area contributed by atoms with Crippen molar-refractivity contribution in [1.29, 1.82) is 0 Å². The molecule has 1 aliphatic carbocycles. The molecule has 0 heterocycles. The van der Waals surface area contributed by atoms with Crippen LogP contribution < -0.4 is 0 Å². The highest BCUT2D eigenvalue weighted by atomic mass is 35.5. The molecule has 0 aliphatic heterocycles. The summed E-state index contributed by atoms with van der Waals surface area (Å²) < 4.78 is 0. The fourth-order valence-corrected chi connectivity index (χ4v) is 2.90. The number of benzene rings is 3. The Morgan fingerprint density at radius 2 is 0.962 bits per heavy atom. The standard InChI is InChI=1S/C14H8O2.C8H7ClO/c15-13-9-5-1-2-6-10(9)14(16)12-8-4-3-7-11(12)13;9-6-8(10)7-4-2-1-3-5-7/h1-8H;1-5H,6H2. The number of halogens is 1. The fraction of sp³-hybridized carbons (Fsp3) is 0.0455.